The number of imide groups is 1. The molecule has 2 aliphatic carbocycles. The van der Waals surface area contributed by atoms with Crippen molar-refractivity contribution < 1.29 is 14.3 Å². The van der Waals surface area contributed by atoms with Gasteiger partial charge in [-0.1, -0.05) is 66.7 Å². The van der Waals surface area contributed by atoms with Gasteiger partial charge in [-0.2, -0.15) is 10.1 Å². The molecule has 5 heteroatoms. The van der Waals surface area contributed by atoms with Crippen molar-refractivity contribution in [2.45, 2.75) is 13.0 Å². The molecule has 3 aromatic carbocycles. The minimum atomic E-state index is -0.243. The molecule has 0 unspecified atom stereocenters. The minimum Gasteiger partial charge on any atom is -0.488 e. The maximum Gasteiger partial charge on any atom is 0.254 e. The predicted molar refractivity (Wildman–Crippen MR) is 122 cm³/mol. The highest BCUT2D eigenvalue weighted by Crippen LogP contribution is 2.52. The topological polar surface area (TPSA) is 59.0 Å². The van der Waals surface area contributed by atoms with E-state index in [0.717, 1.165) is 27.9 Å². The quantitative estimate of drug-likeness (QED) is 0.344. The van der Waals surface area contributed by atoms with E-state index in [4.69, 9.17) is 4.74 Å². The summed E-state index contributed by atoms with van der Waals surface area (Å²) in [5.41, 5.74) is 1.82. The lowest BCUT2D eigenvalue weighted by molar-refractivity contribution is -0.140. The van der Waals surface area contributed by atoms with E-state index in [1.165, 1.54) is 5.39 Å². The molecule has 0 spiro atoms. The van der Waals surface area contributed by atoms with Crippen LogP contribution in [0, 0.1) is 23.7 Å². The van der Waals surface area contributed by atoms with Crippen LogP contribution in [0.3, 0.4) is 0 Å². The minimum absolute atomic E-state index is 0.178. The van der Waals surface area contributed by atoms with Crippen LogP contribution in [-0.4, -0.2) is 23.0 Å². The molecule has 1 saturated carbocycles. The Kier molecular flexibility index (Phi) is 4.42. The molecule has 5 nitrogen and oxygen atoms in total. The van der Waals surface area contributed by atoms with Crippen LogP contribution in [0.1, 0.15) is 17.5 Å². The molecule has 4 atom stereocenters. The normalized spacial score (nSPS) is 25.9. The van der Waals surface area contributed by atoms with Gasteiger partial charge in [-0.3, -0.25) is 9.59 Å². The van der Waals surface area contributed by atoms with Gasteiger partial charge >= 0.3 is 0 Å². The summed E-state index contributed by atoms with van der Waals surface area (Å²) in [5, 5.41) is 7.70. The fourth-order valence-corrected chi connectivity index (χ4v) is 5.41. The van der Waals surface area contributed by atoms with E-state index in [9.17, 15) is 9.59 Å². The van der Waals surface area contributed by atoms with Gasteiger partial charge in [-0.25, -0.2) is 0 Å². The molecule has 2 fully saturated rings. The number of allylic oxidation sites excluding steroid dienone is 2. The maximum absolute atomic E-state index is 12.9. The fourth-order valence-electron chi connectivity index (χ4n) is 5.41. The summed E-state index contributed by atoms with van der Waals surface area (Å²) in [5.74, 6) is 0.172. The number of fused-ring (bicyclic) bond motifs is 6. The molecule has 158 valence electrons. The van der Waals surface area contributed by atoms with Crippen LogP contribution in [0.5, 0.6) is 5.75 Å². The first kappa shape index (κ1) is 19.0. The zero-order chi connectivity index (χ0) is 21.7. The molecule has 6 rings (SSSR count). The lowest BCUT2D eigenvalue weighted by Gasteiger charge is -2.13. The van der Waals surface area contributed by atoms with E-state index in [-0.39, 0.29) is 35.5 Å². The zero-order valence-corrected chi connectivity index (χ0v) is 17.4. The number of rotatable bonds is 5. The summed E-state index contributed by atoms with van der Waals surface area (Å²) in [6.45, 7) is 0.410. The van der Waals surface area contributed by atoms with Gasteiger partial charge in [0.25, 0.3) is 11.8 Å². The Balaban J connectivity index is 1.22. The number of hydrogen-bond donors (Lipinski definition) is 0. The number of hydrazone groups is 1. The summed E-state index contributed by atoms with van der Waals surface area (Å²) in [6, 6.07) is 21.9. The number of para-hydroxylation sites is 1. The molecule has 1 heterocycles. The molecule has 32 heavy (non-hydrogen) atoms. The number of amides is 2. The molecule has 3 aliphatic rings. The summed E-state index contributed by atoms with van der Waals surface area (Å²) in [6.07, 6.45) is 6.64. The van der Waals surface area contributed by atoms with E-state index >= 15 is 0 Å². The third-order valence-corrected chi connectivity index (χ3v) is 6.94. The van der Waals surface area contributed by atoms with Gasteiger partial charge in [0.1, 0.15) is 12.4 Å². The van der Waals surface area contributed by atoms with Crippen molar-refractivity contribution in [2.24, 2.45) is 28.8 Å². The van der Waals surface area contributed by atoms with Crippen molar-refractivity contribution >= 4 is 28.8 Å². The van der Waals surface area contributed by atoms with E-state index < -0.39 is 0 Å². The van der Waals surface area contributed by atoms with Crippen molar-refractivity contribution in [3.63, 3.8) is 0 Å². The summed E-state index contributed by atoms with van der Waals surface area (Å²) in [4.78, 5) is 25.7. The van der Waals surface area contributed by atoms with E-state index in [2.05, 4.69) is 41.5 Å². The van der Waals surface area contributed by atoms with Gasteiger partial charge in [0.2, 0.25) is 0 Å². The second-order valence-corrected chi connectivity index (χ2v) is 8.70. The van der Waals surface area contributed by atoms with Gasteiger partial charge in [0.05, 0.1) is 18.1 Å². The zero-order valence-electron chi connectivity index (χ0n) is 17.4. The van der Waals surface area contributed by atoms with E-state index in [1.807, 2.05) is 42.5 Å². The van der Waals surface area contributed by atoms with Gasteiger partial charge in [0.15, 0.2) is 0 Å². The number of nitrogens with zero attached hydrogens (tertiary/aromatic N) is 2. The molecule has 0 N–H and O–H groups in total. The largest absolute Gasteiger partial charge is 0.488 e. The van der Waals surface area contributed by atoms with Crippen LogP contribution < -0.4 is 4.74 Å². The maximum atomic E-state index is 12.9. The monoisotopic (exact) mass is 422 g/mol. The van der Waals surface area contributed by atoms with Gasteiger partial charge < -0.3 is 4.74 Å². The first-order chi connectivity index (χ1) is 15.7. The number of hydrogen-bond acceptors (Lipinski definition) is 4. The molecule has 2 bridgehead atoms. The van der Waals surface area contributed by atoms with Crippen LogP contribution in [0.15, 0.2) is 84.0 Å². The molecule has 1 aliphatic heterocycles. The average molecular weight is 422 g/mol. The van der Waals surface area contributed by atoms with Crippen molar-refractivity contribution in [2.75, 3.05) is 0 Å². The van der Waals surface area contributed by atoms with Crippen molar-refractivity contribution in [1.29, 1.82) is 0 Å². The first-order valence-electron chi connectivity index (χ1n) is 11.0. The second kappa shape index (κ2) is 7.45. The van der Waals surface area contributed by atoms with Crippen LogP contribution in [0.25, 0.3) is 10.8 Å². The molecule has 2 amide bonds. The Labute approximate surface area is 186 Å². The molecule has 0 aromatic heterocycles. The average Bonchev–Trinajstić information content (AvgIpc) is 3.51. The van der Waals surface area contributed by atoms with Gasteiger partial charge in [-0.15, -0.1) is 0 Å². The summed E-state index contributed by atoms with van der Waals surface area (Å²) >= 11 is 0. The highest BCUT2D eigenvalue weighted by atomic mass is 16.5. The van der Waals surface area contributed by atoms with Gasteiger partial charge in [-0.05, 0) is 46.7 Å². The van der Waals surface area contributed by atoms with E-state index in [0.29, 0.717) is 12.4 Å². The number of carbonyl (C=O) groups excluding carboxylic acids is 2. The Morgan fingerprint density at radius 2 is 1.56 bits per heavy atom. The lowest BCUT2D eigenvalue weighted by atomic mass is 9.85. The lowest BCUT2D eigenvalue weighted by Crippen LogP contribution is -2.28. The van der Waals surface area contributed by atoms with Crippen LogP contribution in [0.4, 0.5) is 0 Å². The highest BCUT2D eigenvalue weighted by molar-refractivity contribution is 6.06. The fraction of sp³-hybridized carbons (Fsp3) is 0.222. The van der Waals surface area contributed by atoms with Crippen molar-refractivity contribution in [3.05, 3.63) is 90.0 Å². The van der Waals surface area contributed by atoms with E-state index in [1.54, 1.807) is 6.21 Å². The summed E-state index contributed by atoms with van der Waals surface area (Å²) < 4.78 is 6.13. The van der Waals surface area contributed by atoms with Crippen LogP contribution in [-0.2, 0) is 16.2 Å². The predicted octanol–water partition coefficient (Wildman–Crippen LogP) is 4.56. The molecular weight excluding hydrogens is 400 g/mol. The summed E-state index contributed by atoms with van der Waals surface area (Å²) in [7, 11) is 0. The molecule has 1 saturated heterocycles. The van der Waals surface area contributed by atoms with Crippen molar-refractivity contribution in [1.82, 2.24) is 5.01 Å². The Morgan fingerprint density at radius 1 is 0.875 bits per heavy atom. The molecule has 3 aromatic rings. The van der Waals surface area contributed by atoms with Crippen LogP contribution in [0.2, 0.25) is 0 Å². The Hall–Kier alpha value is -3.73. The molecular formula is C27H22N2O3. The second-order valence-electron chi connectivity index (χ2n) is 8.70. The number of carbonyl (C=O) groups is 2. The van der Waals surface area contributed by atoms with Crippen LogP contribution >= 0.6 is 0 Å². The number of ether oxygens (including phenoxy) is 1. The third-order valence-electron chi connectivity index (χ3n) is 6.94. The number of benzene rings is 3. The standard InChI is InChI=1S/C27H22N2O3/c30-26-24-18-12-13-19(14-18)25(24)27(31)29(26)28-15-20-7-2-4-11-23(20)32-16-21-9-5-8-17-6-1-3-10-22(17)21/h1-13,15,18-19,24-25H,14,16H2/b28-15-/t18-,19-,24-,25+/m0/s1. The van der Waals surface area contributed by atoms with Gasteiger partial charge in [0, 0.05) is 5.56 Å². The third kappa shape index (κ3) is 2.96. The Bertz CT molecular complexity index is 1260. The Morgan fingerprint density at radius 3 is 2.38 bits per heavy atom. The smallest absolute Gasteiger partial charge is 0.254 e. The van der Waals surface area contributed by atoms with Crippen molar-refractivity contribution in [3.8, 4) is 5.75 Å². The molecule has 0 radical (unpaired) electrons. The highest BCUT2D eigenvalue weighted by Gasteiger charge is 2.59. The first-order valence-corrected chi connectivity index (χ1v) is 11.0. The SMILES string of the molecule is O=C1[C@@H]2[C@H](C(=O)N1/N=C\c1ccccc1OCc1cccc3ccccc13)[C@H]1C=C[C@H]2C1.